The van der Waals surface area contributed by atoms with E-state index in [1.54, 1.807) is 6.07 Å². The Bertz CT molecular complexity index is 396. The van der Waals surface area contributed by atoms with Gasteiger partial charge >= 0.3 is 5.97 Å². The standard InChI is InChI=1S/C14H20O4/c1-2-10-4-3-5-12(8-10)18-9-11-6-7-17-13(11)14(15)16/h6-7,10,12H,2-5,8-9H2,1H3,(H,15,16). The molecule has 0 radical (unpaired) electrons. The van der Waals surface area contributed by atoms with Crippen LogP contribution in [0.5, 0.6) is 0 Å². The Hall–Kier alpha value is -1.29. The van der Waals surface area contributed by atoms with Gasteiger partial charge in [0.05, 0.1) is 19.0 Å². The lowest BCUT2D eigenvalue weighted by molar-refractivity contribution is 0.000929. The molecule has 4 heteroatoms. The quantitative estimate of drug-likeness (QED) is 0.871. The topological polar surface area (TPSA) is 59.7 Å². The van der Waals surface area contributed by atoms with Gasteiger partial charge in [0.1, 0.15) is 0 Å². The predicted molar refractivity (Wildman–Crippen MR) is 66.5 cm³/mol. The van der Waals surface area contributed by atoms with Crippen molar-refractivity contribution in [3.63, 3.8) is 0 Å². The normalized spacial score (nSPS) is 24.1. The average molecular weight is 252 g/mol. The maximum absolute atomic E-state index is 10.9. The highest BCUT2D eigenvalue weighted by Gasteiger charge is 2.22. The molecule has 2 atom stereocenters. The van der Waals surface area contributed by atoms with Gasteiger partial charge in [-0.3, -0.25) is 0 Å². The van der Waals surface area contributed by atoms with E-state index in [1.807, 2.05) is 0 Å². The molecule has 0 aliphatic heterocycles. The van der Waals surface area contributed by atoms with Crippen molar-refractivity contribution in [2.75, 3.05) is 0 Å². The fraction of sp³-hybridized carbons (Fsp3) is 0.643. The first kappa shape index (κ1) is 13.1. The Morgan fingerprint density at radius 2 is 2.39 bits per heavy atom. The van der Waals surface area contributed by atoms with E-state index in [9.17, 15) is 4.79 Å². The van der Waals surface area contributed by atoms with E-state index in [0.29, 0.717) is 12.2 Å². The molecule has 18 heavy (non-hydrogen) atoms. The van der Waals surface area contributed by atoms with Gasteiger partial charge in [-0.25, -0.2) is 4.79 Å². The minimum atomic E-state index is -1.03. The van der Waals surface area contributed by atoms with E-state index in [1.165, 1.54) is 25.5 Å². The first-order valence-corrected chi connectivity index (χ1v) is 6.62. The second kappa shape index (κ2) is 6.05. The molecule has 0 bridgehead atoms. The summed E-state index contributed by atoms with van der Waals surface area (Å²) in [5.41, 5.74) is 0.626. The molecule has 0 aromatic carbocycles. The van der Waals surface area contributed by atoms with E-state index >= 15 is 0 Å². The van der Waals surface area contributed by atoms with Crippen LogP contribution in [0.3, 0.4) is 0 Å². The molecule has 1 saturated carbocycles. The van der Waals surface area contributed by atoms with Gasteiger partial charge in [0.2, 0.25) is 5.76 Å². The van der Waals surface area contributed by atoms with Crippen LogP contribution >= 0.6 is 0 Å². The lowest BCUT2D eigenvalue weighted by atomic mass is 9.85. The number of hydrogen-bond acceptors (Lipinski definition) is 3. The van der Waals surface area contributed by atoms with E-state index in [0.717, 1.165) is 18.8 Å². The lowest BCUT2D eigenvalue weighted by Gasteiger charge is -2.28. The fourth-order valence-electron chi connectivity index (χ4n) is 2.61. The molecule has 1 aromatic rings. The van der Waals surface area contributed by atoms with Crippen molar-refractivity contribution in [2.24, 2.45) is 5.92 Å². The first-order chi connectivity index (χ1) is 8.70. The van der Waals surface area contributed by atoms with Crippen molar-refractivity contribution in [3.05, 3.63) is 23.7 Å². The van der Waals surface area contributed by atoms with Gasteiger partial charge in [-0.05, 0) is 24.8 Å². The zero-order valence-electron chi connectivity index (χ0n) is 10.7. The largest absolute Gasteiger partial charge is 0.475 e. The Morgan fingerprint density at radius 3 is 3.11 bits per heavy atom. The minimum Gasteiger partial charge on any atom is -0.475 e. The van der Waals surface area contributed by atoms with Gasteiger partial charge in [-0.2, -0.15) is 0 Å². The number of carbonyl (C=O) groups is 1. The number of aromatic carboxylic acids is 1. The Morgan fingerprint density at radius 1 is 1.56 bits per heavy atom. The second-order valence-electron chi connectivity index (χ2n) is 4.95. The van der Waals surface area contributed by atoms with Crippen LogP contribution in [0.25, 0.3) is 0 Å². The Kier molecular flexibility index (Phi) is 4.42. The van der Waals surface area contributed by atoms with Gasteiger partial charge in [-0.1, -0.05) is 26.2 Å². The average Bonchev–Trinajstić information content (AvgIpc) is 2.85. The van der Waals surface area contributed by atoms with E-state index < -0.39 is 5.97 Å². The van der Waals surface area contributed by atoms with Crippen molar-refractivity contribution in [1.82, 2.24) is 0 Å². The van der Waals surface area contributed by atoms with E-state index in [2.05, 4.69) is 6.92 Å². The maximum atomic E-state index is 10.9. The fourth-order valence-corrected chi connectivity index (χ4v) is 2.61. The smallest absolute Gasteiger partial charge is 0.372 e. The van der Waals surface area contributed by atoms with Crippen LogP contribution in [-0.4, -0.2) is 17.2 Å². The van der Waals surface area contributed by atoms with Crippen LogP contribution in [0.2, 0.25) is 0 Å². The Balaban J connectivity index is 1.87. The molecule has 0 amide bonds. The SMILES string of the molecule is CCC1CCCC(OCc2ccoc2C(=O)O)C1. The summed E-state index contributed by atoms with van der Waals surface area (Å²) in [4.78, 5) is 10.9. The molecular weight excluding hydrogens is 232 g/mol. The van der Waals surface area contributed by atoms with Crippen molar-refractivity contribution in [2.45, 2.75) is 51.7 Å². The monoisotopic (exact) mass is 252 g/mol. The molecule has 1 aliphatic rings. The van der Waals surface area contributed by atoms with Gasteiger partial charge in [0, 0.05) is 5.56 Å². The molecule has 4 nitrogen and oxygen atoms in total. The van der Waals surface area contributed by atoms with E-state index in [4.69, 9.17) is 14.3 Å². The Labute approximate surface area is 107 Å². The maximum Gasteiger partial charge on any atom is 0.372 e. The van der Waals surface area contributed by atoms with Gasteiger partial charge in [-0.15, -0.1) is 0 Å². The van der Waals surface area contributed by atoms with Crippen molar-refractivity contribution >= 4 is 5.97 Å². The summed E-state index contributed by atoms with van der Waals surface area (Å²) in [5.74, 6) is -0.279. The molecule has 1 N–H and O–H groups in total. The minimum absolute atomic E-state index is 0.00199. The summed E-state index contributed by atoms with van der Waals surface area (Å²) in [6.07, 6.45) is 7.54. The number of hydrogen-bond donors (Lipinski definition) is 1. The second-order valence-corrected chi connectivity index (χ2v) is 4.95. The van der Waals surface area contributed by atoms with Crippen molar-refractivity contribution < 1.29 is 19.1 Å². The molecule has 1 aromatic heterocycles. The zero-order valence-corrected chi connectivity index (χ0v) is 10.7. The van der Waals surface area contributed by atoms with Gasteiger partial charge in [0.15, 0.2) is 0 Å². The van der Waals surface area contributed by atoms with Crippen LogP contribution in [0.4, 0.5) is 0 Å². The summed E-state index contributed by atoms with van der Waals surface area (Å²) in [6.45, 7) is 2.55. The number of ether oxygens (including phenoxy) is 1. The predicted octanol–water partition coefficient (Wildman–Crippen LogP) is 3.46. The summed E-state index contributed by atoms with van der Waals surface area (Å²) in [6, 6.07) is 1.67. The molecule has 0 saturated heterocycles. The van der Waals surface area contributed by atoms with Gasteiger partial charge in [0.25, 0.3) is 0 Å². The lowest BCUT2D eigenvalue weighted by Crippen LogP contribution is -2.22. The van der Waals surface area contributed by atoms with E-state index in [-0.39, 0.29) is 11.9 Å². The molecular formula is C14H20O4. The highest BCUT2D eigenvalue weighted by atomic mass is 16.5. The molecule has 100 valence electrons. The molecule has 2 unspecified atom stereocenters. The third kappa shape index (κ3) is 3.13. The third-order valence-corrected chi connectivity index (χ3v) is 3.73. The third-order valence-electron chi connectivity index (χ3n) is 3.73. The molecule has 0 spiro atoms. The molecule has 2 rings (SSSR count). The number of carboxylic acid groups (broad SMARTS) is 1. The molecule has 1 heterocycles. The first-order valence-electron chi connectivity index (χ1n) is 6.62. The number of carboxylic acids is 1. The summed E-state index contributed by atoms with van der Waals surface area (Å²) < 4.78 is 10.8. The van der Waals surface area contributed by atoms with Crippen LogP contribution in [0, 0.1) is 5.92 Å². The molecule has 1 aliphatic carbocycles. The van der Waals surface area contributed by atoms with Crippen molar-refractivity contribution in [3.8, 4) is 0 Å². The summed E-state index contributed by atoms with van der Waals surface area (Å²) in [5, 5.41) is 8.92. The highest BCUT2D eigenvalue weighted by Crippen LogP contribution is 2.29. The van der Waals surface area contributed by atoms with Gasteiger partial charge < -0.3 is 14.3 Å². The van der Waals surface area contributed by atoms with Crippen LogP contribution in [0.15, 0.2) is 16.7 Å². The van der Waals surface area contributed by atoms with Crippen LogP contribution in [-0.2, 0) is 11.3 Å². The van der Waals surface area contributed by atoms with Crippen molar-refractivity contribution in [1.29, 1.82) is 0 Å². The summed E-state index contributed by atoms with van der Waals surface area (Å²) >= 11 is 0. The summed E-state index contributed by atoms with van der Waals surface area (Å²) in [7, 11) is 0. The number of rotatable bonds is 5. The number of furan rings is 1. The zero-order chi connectivity index (χ0) is 13.0. The molecule has 1 fully saturated rings. The van der Waals surface area contributed by atoms with Crippen LogP contribution < -0.4 is 0 Å². The van der Waals surface area contributed by atoms with Crippen LogP contribution in [0.1, 0.15) is 55.1 Å². The highest BCUT2D eigenvalue weighted by molar-refractivity contribution is 5.85.